The van der Waals surface area contributed by atoms with Crippen LogP contribution >= 0.6 is 0 Å². The average molecular weight is 553 g/mol. The Morgan fingerprint density at radius 2 is 1.11 bits per heavy atom. The van der Waals surface area contributed by atoms with Crippen molar-refractivity contribution in [3.05, 3.63) is 108 Å². The van der Waals surface area contributed by atoms with E-state index in [4.69, 9.17) is 18.9 Å². The number of ether oxygens (including phenoxy) is 4. The molecule has 0 N–H and O–H groups in total. The highest BCUT2D eigenvalue weighted by Gasteiger charge is 2.52. The molecule has 1 fully saturated rings. The molecular weight excluding hydrogens is 525 g/mol. The molecule has 0 aromatic heterocycles. The second kappa shape index (κ2) is 12.8. The van der Waals surface area contributed by atoms with Gasteiger partial charge in [0.1, 0.15) is 18.3 Å². The monoisotopic (exact) mass is 552 g/mol. The molecule has 0 amide bonds. The van der Waals surface area contributed by atoms with Gasteiger partial charge < -0.3 is 18.9 Å². The molecule has 4 rings (SSSR count). The van der Waals surface area contributed by atoms with Crippen LogP contribution in [0.15, 0.2) is 91.0 Å². The molecule has 0 spiro atoms. The zero-order chi connectivity index (χ0) is 27.0. The van der Waals surface area contributed by atoms with Crippen molar-refractivity contribution in [2.24, 2.45) is 0 Å². The van der Waals surface area contributed by atoms with Crippen LogP contribution in [0.1, 0.15) is 16.7 Å². The third-order valence-electron chi connectivity index (χ3n) is 5.74. The predicted molar refractivity (Wildman–Crippen MR) is 131 cm³/mol. The van der Waals surface area contributed by atoms with E-state index >= 15 is 0 Å². The highest BCUT2D eigenvalue weighted by atomic mass is 32.2. The number of halogens is 3. The van der Waals surface area contributed by atoms with Gasteiger partial charge in [-0.3, -0.25) is 4.18 Å². The van der Waals surface area contributed by atoms with E-state index < -0.39 is 46.8 Å². The SMILES string of the molecule is O=S(=O)(O[C@H]1CO[C@H](OCc2ccccc2)[C@@H](OCc2ccccc2)[C@H]1OCc1ccccc1)C(F)(F)F. The lowest BCUT2D eigenvalue weighted by Gasteiger charge is -2.41. The quantitative estimate of drug-likeness (QED) is 0.246. The Morgan fingerprint density at radius 3 is 1.55 bits per heavy atom. The topological polar surface area (TPSA) is 80.3 Å². The standard InChI is InChI=1S/C27H27F3O7S/c28-27(29,30)38(31,32)37-23-19-36-26(35-18-22-14-8-3-9-15-22)25(34-17-21-12-6-2-7-13-21)24(23)33-16-20-10-4-1-5-11-20/h1-15,23-26H,16-19H2/t23-,24-,25-,26-/m0/s1. The highest BCUT2D eigenvalue weighted by Crippen LogP contribution is 2.32. The van der Waals surface area contributed by atoms with Crippen LogP contribution in [-0.2, 0) is 53.1 Å². The first-order chi connectivity index (χ1) is 18.2. The lowest BCUT2D eigenvalue weighted by molar-refractivity contribution is -0.292. The second-order valence-corrected chi connectivity index (χ2v) is 10.1. The second-order valence-electron chi connectivity index (χ2n) is 8.56. The maximum atomic E-state index is 13.2. The first-order valence-corrected chi connectivity index (χ1v) is 13.2. The fourth-order valence-electron chi connectivity index (χ4n) is 3.85. The molecule has 1 aliphatic rings. The Labute approximate surface area is 219 Å². The molecule has 0 unspecified atom stereocenters. The summed E-state index contributed by atoms with van der Waals surface area (Å²) in [4.78, 5) is 0. The van der Waals surface area contributed by atoms with Gasteiger partial charge in [0.15, 0.2) is 6.29 Å². The van der Waals surface area contributed by atoms with Crippen molar-refractivity contribution in [1.29, 1.82) is 0 Å². The van der Waals surface area contributed by atoms with Gasteiger partial charge in [-0.1, -0.05) is 91.0 Å². The molecule has 38 heavy (non-hydrogen) atoms. The molecule has 0 saturated carbocycles. The summed E-state index contributed by atoms with van der Waals surface area (Å²) in [5.74, 6) is 0. The van der Waals surface area contributed by atoms with E-state index in [1.807, 2.05) is 60.7 Å². The molecule has 204 valence electrons. The third-order valence-corrected chi connectivity index (χ3v) is 6.81. The van der Waals surface area contributed by atoms with Gasteiger partial charge in [0.2, 0.25) is 0 Å². The molecule has 11 heteroatoms. The Balaban J connectivity index is 1.60. The lowest BCUT2D eigenvalue weighted by Crippen LogP contribution is -2.57. The van der Waals surface area contributed by atoms with E-state index in [1.54, 1.807) is 30.3 Å². The zero-order valence-corrected chi connectivity index (χ0v) is 21.0. The van der Waals surface area contributed by atoms with Crippen molar-refractivity contribution in [3.8, 4) is 0 Å². The van der Waals surface area contributed by atoms with Crippen molar-refractivity contribution < 1.29 is 44.7 Å². The fourth-order valence-corrected chi connectivity index (χ4v) is 4.45. The Morgan fingerprint density at radius 1 is 0.684 bits per heavy atom. The first kappa shape index (κ1) is 28.2. The molecule has 1 saturated heterocycles. The van der Waals surface area contributed by atoms with E-state index in [1.165, 1.54) is 0 Å². The van der Waals surface area contributed by atoms with Crippen LogP contribution in [0.5, 0.6) is 0 Å². The van der Waals surface area contributed by atoms with Gasteiger partial charge >= 0.3 is 15.6 Å². The van der Waals surface area contributed by atoms with Crippen molar-refractivity contribution in [2.45, 2.75) is 49.9 Å². The summed E-state index contributed by atoms with van der Waals surface area (Å²) in [5.41, 5.74) is -3.28. The van der Waals surface area contributed by atoms with Crippen molar-refractivity contribution in [1.82, 2.24) is 0 Å². The Hall–Kier alpha value is -2.80. The van der Waals surface area contributed by atoms with Crippen molar-refractivity contribution in [2.75, 3.05) is 6.61 Å². The molecular formula is C27H27F3O7S. The van der Waals surface area contributed by atoms with E-state index in [9.17, 15) is 21.6 Å². The van der Waals surface area contributed by atoms with E-state index in [0.717, 1.165) is 16.7 Å². The summed E-state index contributed by atoms with van der Waals surface area (Å²) >= 11 is 0. The summed E-state index contributed by atoms with van der Waals surface area (Å²) < 4.78 is 91.5. The van der Waals surface area contributed by atoms with Crippen LogP contribution in [0.4, 0.5) is 13.2 Å². The van der Waals surface area contributed by atoms with Gasteiger partial charge in [-0.15, -0.1) is 0 Å². The van der Waals surface area contributed by atoms with Crippen LogP contribution < -0.4 is 0 Å². The zero-order valence-electron chi connectivity index (χ0n) is 20.2. The largest absolute Gasteiger partial charge is 0.523 e. The van der Waals surface area contributed by atoms with Crippen molar-refractivity contribution in [3.63, 3.8) is 0 Å². The van der Waals surface area contributed by atoms with E-state index in [0.29, 0.717) is 0 Å². The van der Waals surface area contributed by atoms with Crippen LogP contribution in [0, 0.1) is 0 Å². The molecule has 3 aromatic carbocycles. The number of hydrogen-bond donors (Lipinski definition) is 0. The first-order valence-electron chi connectivity index (χ1n) is 11.8. The minimum Gasteiger partial charge on any atom is -0.368 e. The van der Waals surface area contributed by atoms with Crippen LogP contribution in [-0.4, -0.2) is 45.1 Å². The number of benzene rings is 3. The van der Waals surface area contributed by atoms with Gasteiger partial charge in [0.05, 0.1) is 26.4 Å². The summed E-state index contributed by atoms with van der Waals surface area (Å²) in [7, 11) is -5.93. The summed E-state index contributed by atoms with van der Waals surface area (Å²) in [5, 5.41) is 0. The van der Waals surface area contributed by atoms with Gasteiger partial charge in [0, 0.05) is 0 Å². The van der Waals surface area contributed by atoms with Crippen molar-refractivity contribution >= 4 is 10.1 Å². The van der Waals surface area contributed by atoms with Gasteiger partial charge in [0.25, 0.3) is 0 Å². The fraction of sp³-hybridized carbons (Fsp3) is 0.333. The maximum Gasteiger partial charge on any atom is 0.523 e. The highest BCUT2D eigenvalue weighted by molar-refractivity contribution is 7.87. The maximum absolute atomic E-state index is 13.2. The molecule has 4 atom stereocenters. The minimum atomic E-state index is -5.93. The summed E-state index contributed by atoms with van der Waals surface area (Å²) in [6.07, 6.45) is -5.11. The number of alkyl halides is 3. The molecule has 1 aliphatic heterocycles. The third kappa shape index (κ3) is 7.62. The van der Waals surface area contributed by atoms with E-state index in [2.05, 4.69) is 4.18 Å². The number of rotatable bonds is 11. The van der Waals surface area contributed by atoms with E-state index in [-0.39, 0.29) is 19.8 Å². The average Bonchev–Trinajstić information content (AvgIpc) is 2.91. The normalized spacial score (nSPS) is 22.3. The molecule has 7 nitrogen and oxygen atoms in total. The smallest absolute Gasteiger partial charge is 0.368 e. The van der Waals surface area contributed by atoms with Gasteiger partial charge in [-0.2, -0.15) is 21.6 Å². The Kier molecular flexibility index (Phi) is 9.53. The molecule has 0 bridgehead atoms. The van der Waals surface area contributed by atoms with Crippen LogP contribution in [0.25, 0.3) is 0 Å². The number of hydrogen-bond acceptors (Lipinski definition) is 7. The van der Waals surface area contributed by atoms with Crippen LogP contribution in [0.3, 0.4) is 0 Å². The van der Waals surface area contributed by atoms with Crippen LogP contribution in [0.2, 0.25) is 0 Å². The molecule has 0 radical (unpaired) electrons. The minimum absolute atomic E-state index is 0.0337. The predicted octanol–water partition coefficient (Wildman–Crippen LogP) is 4.97. The Bertz CT molecular complexity index is 1230. The molecule has 0 aliphatic carbocycles. The van der Waals surface area contributed by atoms with Gasteiger partial charge in [-0.25, -0.2) is 0 Å². The molecule has 3 aromatic rings. The summed E-state index contributed by atoms with van der Waals surface area (Å²) in [6, 6.07) is 27.2. The lowest BCUT2D eigenvalue weighted by atomic mass is 10.0. The molecule has 1 heterocycles. The summed E-state index contributed by atoms with van der Waals surface area (Å²) in [6.45, 7) is -0.397. The van der Waals surface area contributed by atoms with Gasteiger partial charge in [-0.05, 0) is 16.7 Å².